The minimum atomic E-state index is -3.01. The van der Waals surface area contributed by atoms with E-state index in [0.717, 1.165) is 11.1 Å². The topological polar surface area (TPSA) is 43.4 Å². The summed E-state index contributed by atoms with van der Waals surface area (Å²) in [5, 5.41) is 0. The van der Waals surface area contributed by atoms with Crippen LogP contribution in [0.5, 0.6) is 5.75 Å². The zero-order chi connectivity index (χ0) is 10.8. The summed E-state index contributed by atoms with van der Waals surface area (Å²) in [7, 11) is -1.47. The Morgan fingerprint density at radius 3 is 2.50 bits per heavy atom. The molecule has 0 spiro atoms. The van der Waals surface area contributed by atoms with Gasteiger partial charge in [0.2, 0.25) is 0 Å². The first-order valence-electron chi connectivity index (χ1n) is 4.23. The lowest BCUT2D eigenvalue weighted by molar-refractivity contribution is 0.411. The van der Waals surface area contributed by atoms with Gasteiger partial charge >= 0.3 is 0 Å². The summed E-state index contributed by atoms with van der Waals surface area (Å²) in [6.07, 6.45) is 1.22. The second kappa shape index (κ2) is 4.00. The van der Waals surface area contributed by atoms with Crippen molar-refractivity contribution < 1.29 is 13.2 Å². The first kappa shape index (κ1) is 11.0. The van der Waals surface area contributed by atoms with Gasteiger partial charge in [-0.15, -0.1) is 0 Å². The van der Waals surface area contributed by atoms with Gasteiger partial charge in [-0.05, 0) is 13.0 Å². The molecule has 0 unspecified atom stereocenters. The maximum Gasteiger partial charge on any atom is 0.151 e. The van der Waals surface area contributed by atoms with Gasteiger partial charge in [-0.2, -0.15) is 0 Å². The monoisotopic (exact) mass is 214 g/mol. The van der Waals surface area contributed by atoms with Gasteiger partial charge in [0.05, 0.1) is 12.9 Å². The molecule has 3 nitrogen and oxygen atoms in total. The fraction of sp³-hybridized carbons (Fsp3) is 0.400. The highest BCUT2D eigenvalue weighted by molar-refractivity contribution is 7.89. The van der Waals surface area contributed by atoms with Crippen molar-refractivity contribution in [3.05, 3.63) is 29.3 Å². The molecule has 0 aliphatic rings. The minimum absolute atomic E-state index is 0.0256. The van der Waals surface area contributed by atoms with Gasteiger partial charge in [0.15, 0.2) is 9.84 Å². The fourth-order valence-corrected chi connectivity index (χ4v) is 2.09. The van der Waals surface area contributed by atoms with Crippen LogP contribution in [0.3, 0.4) is 0 Å². The Balaban J connectivity index is 3.11. The zero-order valence-corrected chi connectivity index (χ0v) is 9.39. The highest BCUT2D eigenvalue weighted by atomic mass is 32.2. The van der Waals surface area contributed by atoms with Crippen LogP contribution in [-0.2, 0) is 15.6 Å². The zero-order valence-electron chi connectivity index (χ0n) is 8.57. The molecule has 1 rings (SSSR count). The normalized spacial score (nSPS) is 11.4. The maximum absolute atomic E-state index is 11.1. The molecule has 78 valence electrons. The Labute approximate surface area is 84.6 Å². The molecule has 0 heterocycles. The van der Waals surface area contributed by atoms with Gasteiger partial charge in [-0.3, -0.25) is 0 Å². The SMILES string of the molecule is COc1ccc(C)cc1CS(C)(=O)=O. The molecule has 0 bridgehead atoms. The van der Waals surface area contributed by atoms with Crippen molar-refractivity contribution in [2.45, 2.75) is 12.7 Å². The summed E-state index contributed by atoms with van der Waals surface area (Å²) in [5.41, 5.74) is 1.75. The number of hydrogen-bond acceptors (Lipinski definition) is 3. The second-order valence-electron chi connectivity index (χ2n) is 3.39. The fourth-order valence-electron chi connectivity index (χ4n) is 1.30. The molecule has 0 amide bonds. The van der Waals surface area contributed by atoms with Crippen molar-refractivity contribution in [1.82, 2.24) is 0 Å². The predicted molar refractivity (Wildman–Crippen MR) is 56.3 cm³/mol. The number of benzene rings is 1. The Morgan fingerprint density at radius 2 is 2.00 bits per heavy atom. The molecule has 0 aliphatic carbocycles. The Hall–Kier alpha value is -1.03. The summed E-state index contributed by atoms with van der Waals surface area (Å²) >= 11 is 0. The van der Waals surface area contributed by atoms with E-state index in [2.05, 4.69) is 0 Å². The quantitative estimate of drug-likeness (QED) is 0.766. The third kappa shape index (κ3) is 3.03. The van der Waals surface area contributed by atoms with Crippen molar-refractivity contribution in [3.63, 3.8) is 0 Å². The Bertz CT molecular complexity index is 421. The summed E-state index contributed by atoms with van der Waals surface area (Å²) in [4.78, 5) is 0. The van der Waals surface area contributed by atoms with E-state index in [1.807, 2.05) is 19.1 Å². The molecule has 0 saturated heterocycles. The molecule has 14 heavy (non-hydrogen) atoms. The van der Waals surface area contributed by atoms with Crippen LogP contribution in [0.1, 0.15) is 11.1 Å². The van der Waals surface area contributed by atoms with E-state index in [0.29, 0.717) is 5.75 Å². The van der Waals surface area contributed by atoms with Gasteiger partial charge in [-0.1, -0.05) is 17.7 Å². The first-order valence-corrected chi connectivity index (χ1v) is 6.29. The molecule has 1 aromatic rings. The highest BCUT2D eigenvalue weighted by Gasteiger charge is 2.09. The molecular weight excluding hydrogens is 200 g/mol. The van der Waals surface area contributed by atoms with Crippen LogP contribution in [0, 0.1) is 6.92 Å². The third-order valence-electron chi connectivity index (χ3n) is 1.85. The molecule has 0 fully saturated rings. The van der Waals surface area contributed by atoms with E-state index in [1.165, 1.54) is 13.4 Å². The third-order valence-corrected chi connectivity index (χ3v) is 2.69. The molecule has 0 aromatic heterocycles. The summed E-state index contributed by atoms with van der Waals surface area (Å²) in [6.45, 7) is 1.92. The van der Waals surface area contributed by atoms with Crippen molar-refractivity contribution in [1.29, 1.82) is 0 Å². The van der Waals surface area contributed by atoms with Gasteiger partial charge < -0.3 is 4.74 Å². The molecule has 1 aromatic carbocycles. The number of ether oxygens (including phenoxy) is 1. The number of sulfone groups is 1. The molecule has 4 heteroatoms. The predicted octanol–water partition coefficient (Wildman–Crippen LogP) is 1.55. The van der Waals surface area contributed by atoms with E-state index < -0.39 is 9.84 Å². The number of hydrogen-bond donors (Lipinski definition) is 0. The smallest absolute Gasteiger partial charge is 0.151 e. The van der Waals surface area contributed by atoms with Gasteiger partial charge in [0, 0.05) is 11.8 Å². The average molecular weight is 214 g/mol. The summed E-state index contributed by atoms with van der Waals surface area (Å²) in [5.74, 6) is 0.652. The van der Waals surface area contributed by atoms with Crippen molar-refractivity contribution >= 4 is 9.84 Å². The van der Waals surface area contributed by atoms with Crippen LogP contribution in [0.15, 0.2) is 18.2 Å². The molecule has 0 atom stereocenters. The van der Waals surface area contributed by atoms with Crippen LogP contribution >= 0.6 is 0 Å². The van der Waals surface area contributed by atoms with E-state index in [1.54, 1.807) is 6.07 Å². The Morgan fingerprint density at radius 1 is 1.36 bits per heavy atom. The average Bonchev–Trinajstić information content (AvgIpc) is 2.01. The van der Waals surface area contributed by atoms with Crippen LogP contribution in [0.4, 0.5) is 0 Å². The molecule has 0 saturated carbocycles. The lowest BCUT2D eigenvalue weighted by Crippen LogP contribution is -2.03. The van der Waals surface area contributed by atoms with Gasteiger partial charge in [0.25, 0.3) is 0 Å². The van der Waals surface area contributed by atoms with Gasteiger partial charge in [-0.25, -0.2) is 8.42 Å². The first-order chi connectivity index (χ1) is 6.42. The molecule has 0 radical (unpaired) electrons. The van der Waals surface area contributed by atoms with Crippen molar-refractivity contribution in [2.75, 3.05) is 13.4 Å². The summed E-state index contributed by atoms with van der Waals surface area (Å²) in [6, 6.07) is 5.51. The van der Waals surface area contributed by atoms with Gasteiger partial charge in [0.1, 0.15) is 5.75 Å². The van der Waals surface area contributed by atoms with E-state index >= 15 is 0 Å². The Kier molecular flexibility index (Phi) is 3.16. The van der Waals surface area contributed by atoms with Crippen LogP contribution < -0.4 is 4.74 Å². The summed E-state index contributed by atoms with van der Waals surface area (Å²) < 4.78 is 27.3. The number of rotatable bonds is 3. The molecular formula is C10H14O3S. The molecule has 0 aliphatic heterocycles. The lowest BCUT2D eigenvalue weighted by atomic mass is 10.1. The van der Waals surface area contributed by atoms with Crippen molar-refractivity contribution in [3.8, 4) is 5.75 Å². The van der Waals surface area contributed by atoms with Crippen LogP contribution in [0.25, 0.3) is 0 Å². The number of methoxy groups -OCH3 is 1. The lowest BCUT2D eigenvalue weighted by Gasteiger charge is -2.08. The van der Waals surface area contributed by atoms with E-state index in [9.17, 15) is 8.42 Å². The number of aryl methyl sites for hydroxylation is 1. The van der Waals surface area contributed by atoms with Crippen LogP contribution in [-0.4, -0.2) is 21.8 Å². The highest BCUT2D eigenvalue weighted by Crippen LogP contribution is 2.21. The maximum atomic E-state index is 11.1. The van der Waals surface area contributed by atoms with E-state index in [4.69, 9.17) is 4.74 Å². The van der Waals surface area contributed by atoms with Crippen molar-refractivity contribution in [2.24, 2.45) is 0 Å². The second-order valence-corrected chi connectivity index (χ2v) is 5.53. The minimum Gasteiger partial charge on any atom is -0.496 e. The van der Waals surface area contributed by atoms with E-state index in [-0.39, 0.29) is 5.75 Å². The standard InChI is InChI=1S/C10H14O3S/c1-8-4-5-10(13-2)9(6-8)7-14(3,11)12/h4-6H,7H2,1-3H3. The van der Waals surface area contributed by atoms with Crippen LogP contribution in [0.2, 0.25) is 0 Å². The largest absolute Gasteiger partial charge is 0.496 e. The molecule has 0 N–H and O–H groups in total.